The quantitative estimate of drug-likeness (QED) is 0.808. The Morgan fingerprint density at radius 3 is 2.46 bits per heavy atom. The van der Waals surface area contributed by atoms with Gasteiger partial charge in [0.15, 0.2) is 0 Å². The van der Waals surface area contributed by atoms with E-state index in [2.05, 4.69) is 25.5 Å². The van der Waals surface area contributed by atoms with E-state index in [4.69, 9.17) is 4.74 Å². The number of nitrogens with one attached hydrogen (secondary N) is 2. The lowest BCUT2D eigenvalue weighted by molar-refractivity contribution is -0.124. The van der Waals surface area contributed by atoms with Crippen molar-refractivity contribution in [3.63, 3.8) is 0 Å². The van der Waals surface area contributed by atoms with Gasteiger partial charge in [-0.3, -0.25) is 15.0 Å². The maximum Gasteiger partial charge on any atom is 0.321 e. The van der Waals surface area contributed by atoms with Crippen LogP contribution in [0.2, 0.25) is 0 Å². The number of amides is 3. The Labute approximate surface area is 154 Å². The highest BCUT2D eigenvalue weighted by Crippen LogP contribution is 2.15. The number of methoxy groups -OCH3 is 1. The van der Waals surface area contributed by atoms with Gasteiger partial charge in [-0.25, -0.2) is 9.78 Å². The summed E-state index contributed by atoms with van der Waals surface area (Å²) in [5.74, 6) is 0.832. The van der Waals surface area contributed by atoms with Crippen molar-refractivity contribution in [2.24, 2.45) is 0 Å². The van der Waals surface area contributed by atoms with Gasteiger partial charge in [0.05, 0.1) is 13.2 Å². The number of piperazine rings is 1. The molecule has 9 heteroatoms. The van der Waals surface area contributed by atoms with Crippen molar-refractivity contribution in [3.8, 4) is 5.88 Å². The molecule has 1 atom stereocenters. The van der Waals surface area contributed by atoms with Crippen molar-refractivity contribution in [2.75, 3.05) is 38.2 Å². The molecule has 26 heavy (non-hydrogen) atoms. The predicted octanol–water partition coefficient (Wildman–Crippen LogP) is 0.620. The smallest absolute Gasteiger partial charge is 0.321 e. The minimum absolute atomic E-state index is 0.308. The van der Waals surface area contributed by atoms with Crippen molar-refractivity contribution in [3.05, 3.63) is 12.3 Å². The zero-order chi connectivity index (χ0) is 19.3. The molecule has 1 aliphatic rings. The molecule has 1 aromatic rings. The minimum atomic E-state index is -0.474. The second kappa shape index (κ2) is 8.31. The molecular weight excluding hydrogens is 336 g/mol. The fourth-order valence-corrected chi connectivity index (χ4v) is 2.66. The number of imide groups is 1. The van der Waals surface area contributed by atoms with Gasteiger partial charge in [0.1, 0.15) is 0 Å². The Hall–Kier alpha value is -2.42. The van der Waals surface area contributed by atoms with Crippen LogP contribution in [0.25, 0.3) is 0 Å². The number of carbonyl (C=O) groups excluding carboxylic acids is 2. The van der Waals surface area contributed by atoms with Gasteiger partial charge in [0.2, 0.25) is 17.7 Å². The van der Waals surface area contributed by atoms with E-state index in [0.29, 0.717) is 38.0 Å². The lowest BCUT2D eigenvalue weighted by Gasteiger charge is -2.37. The third kappa shape index (κ3) is 5.55. The molecule has 0 radical (unpaired) electrons. The van der Waals surface area contributed by atoms with E-state index in [9.17, 15) is 9.59 Å². The van der Waals surface area contributed by atoms with Crippen LogP contribution in [0, 0.1) is 0 Å². The van der Waals surface area contributed by atoms with Gasteiger partial charge in [-0.15, -0.1) is 0 Å². The molecule has 1 aliphatic heterocycles. The van der Waals surface area contributed by atoms with Crippen LogP contribution in [0.3, 0.4) is 0 Å². The van der Waals surface area contributed by atoms with E-state index in [1.165, 1.54) is 0 Å². The van der Waals surface area contributed by atoms with Crippen molar-refractivity contribution in [2.45, 2.75) is 39.3 Å². The molecule has 0 spiro atoms. The Bertz CT molecular complexity index is 638. The number of nitrogens with zero attached hydrogens (tertiary/aromatic N) is 4. The molecule has 144 valence electrons. The largest absolute Gasteiger partial charge is 0.481 e. The van der Waals surface area contributed by atoms with Crippen LogP contribution in [0.5, 0.6) is 5.88 Å². The molecule has 3 amide bonds. The van der Waals surface area contributed by atoms with Gasteiger partial charge in [0, 0.05) is 44.0 Å². The Morgan fingerprint density at radius 1 is 1.23 bits per heavy atom. The molecule has 0 saturated carbocycles. The Balaban J connectivity index is 1.86. The fourth-order valence-electron chi connectivity index (χ4n) is 2.66. The summed E-state index contributed by atoms with van der Waals surface area (Å²) in [7, 11) is 1.57. The van der Waals surface area contributed by atoms with Gasteiger partial charge in [-0.05, 0) is 27.7 Å². The van der Waals surface area contributed by atoms with Crippen LogP contribution in [-0.2, 0) is 4.79 Å². The first-order valence-corrected chi connectivity index (χ1v) is 8.68. The Kier molecular flexibility index (Phi) is 6.36. The third-order valence-electron chi connectivity index (χ3n) is 4.08. The SMILES string of the molecule is COc1ccnc(N2CCN([C@@H](C)C(=O)NC(=O)NC(C)(C)C)CC2)n1. The summed E-state index contributed by atoms with van der Waals surface area (Å²) in [5, 5.41) is 5.13. The van der Waals surface area contributed by atoms with Crippen molar-refractivity contribution in [1.82, 2.24) is 25.5 Å². The van der Waals surface area contributed by atoms with Crippen LogP contribution >= 0.6 is 0 Å². The monoisotopic (exact) mass is 364 g/mol. The topological polar surface area (TPSA) is 99.7 Å². The summed E-state index contributed by atoms with van der Waals surface area (Å²) in [6, 6.07) is 0.835. The van der Waals surface area contributed by atoms with Crippen LogP contribution in [0.15, 0.2) is 12.3 Å². The fraction of sp³-hybridized carbons (Fsp3) is 0.647. The van der Waals surface area contributed by atoms with Gasteiger partial charge < -0.3 is 15.0 Å². The van der Waals surface area contributed by atoms with E-state index in [1.807, 2.05) is 25.7 Å². The number of carbonyl (C=O) groups is 2. The summed E-state index contributed by atoms with van der Waals surface area (Å²) in [6.07, 6.45) is 1.66. The molecule has 2 heterocycles. The lowest BCUT2D eigenvalue weighted by Crippen LogP contribution is -2.57. The summed E-state index contributed by atoms with van der Waals surface area (Å²) in [5.41, 5.74) is -0.393. The van der Waals surface area contributed by atoms with Gasteiger partial charge in [-0.1, -0.05) is 0 Å². The number of hydrogen-bond acceptors (Lipinski definition) is 7. The molecule has 0 aliphatic carbocycles. The molecule has 0 unspecified atom stereocenters. The molecule has 1 fully saturated rings. The van der Waals surface area contributed by atoms with Crippen LogP contribution < -0.4 is 20.3 Å². The van der Waals surface area contributed by atoms with Crippen LogP contribution in [0.1, 0.15) is 27.7 Å². The second-order valence-electron chi connectivity index (χ2n) is 7.29. The number of ether oxygens (including phenoxy) is 1. The molecule has 2 N–H and O–H groups in total. The predicted molar refractivity (Wildman–Crippen MR) is 98.3 cm³/mol. The van der Waals surface area contributed by atoms with E-state index < -0.39 is 17.6 Å². The summed E-state index contributed by atoms with van der Waals surface area (Å²) in [6.45, 7) is 10.1. The van der Waals surface area contributed by atoms with Crippen molar-refractivity contribution >= 4 is 17.9 Å². The lowest BCUT2D eigenvalue weighted by atomic mass is 10.1. The molecule has 0 bridgehead atoms. The van der Waals surface area contributed by atoms with Gasteiger partial charge >= 0.3 is 6.03 Å². The molecule has 1 aromatic heterocycles. The molecule has 9 nitrogen and oxygen atoms in total. The summed E-state index contributed by atoms with van der Waals surface area (Å²) < 4.78 is 5.13. The highest BCUT2D eigenvalue weighted by atomic mass is 16.5. The summed E-state index contributed by atoms with van der Waals surface area (Å²) in [4.78, 5) is 36.9. The number of urea groups is 1. The first kappa shape index (κ1) is 19.9. The minimum Gasteiger partial charge on any atom is -0.481 e. The van der Waals surface area contributed by atoms with Gasteiger partial charge in [0.25, 0.3) is 0 Å². The highest BCUT2D eigenvalue weighted by molar-refractivity contribution is 5.97. The maximum absolute atomic E-state index is 12.3. The van der Waals surface area contributed by atoms with Crippen molar-refractivity contribution < 1.29 is 14.3 Å². The van der Waals surface area contributed by atoms with E-state index in [-0.39, 0.29) is 5.91 Å². The average Bonchev–Trinajstić information content (AvgIpc) is 2.59. The molecule has 0 aromatic carbocycles. The first-order valence-electron chi connectivity index (χ1n) is 8.68. The summed E-state index contributed by atoms with van der Waals surface area (Å²) >= 11 is 0. The average molecular weight is 364 g/mol. The van der Waals surface area contributed by atoms with Crippen molar-refractivity contribution in [1.29, 1.82) is 0 Å². The molecule has 1 saturated heterocycles. The molecular formula is C17H28N6O3. The molecule has 2 rings (SSSR count). The Morgan fingerprint density at radius 2 is 1.88 bits per heavy atom. The van der Waals surface area contributed by atoms with E-state index in [1.54, 1.807) is 26.3 Å². The van der Waals surface area contributed by atoms with E-state index >= 15 is 0 Å². The highest BCUT2D eigenvalue weighted by Gasteiger charge is 2.28. The standard InChI is InChI=1S/C17H28N6O3/c1-12(14(24)20-16(25)21-17(2,3)4)22-8-10-23(11-9-22)15-18-7-6-13(19-15)26-5/h6-7,12H,8-11H2,1-5H3,(H2,20,21,24,25)/t12-/m0/s1. The van der Waals surface area contributed by atoms with Gasteiger partial charge in [-0.2, -0.15) is 4.98 Å². The maximum atomic E-state index is 12.3. The van der Waals surface area contributed by atoms with Crippen LogP contribution in [-0.4, -0.2) is 71.7 Å². The number of rotatable bonds is 4. The zero-order valence-electron chi connectivity index (χ0n) is 16.1. The number of anilines is 1. The number of hydrogen-bond donors (Lipinski definition) is 2. The van der Waals surface area contributed by atoms with E-state index in [0.717, 1.165) is 0 Å². The second-order valence-corrected chi connectivity index (χ2v) is 7.29. The third-order valence-corrected chi connectivity index (χ3v) is 4.08. The first-order chi connectivity index (χ1) is 12.2. The normalized spacial score (nSPS) is 16.7. The zero-order valence-corrected chi connectivity index (χ0v) is 16.1. The van der Waals surface area contributed by atoms with Crippen LogP contribution in [0.4, 0.5) is 10.7 Å². The number of aromatic nitrogens is 2.